The van der Waals surface area contributed by atoms with Crippen molar-refractivity contribution in [2.75, 3.05) is 5.88 Å². The Morgan fingerprint density at radius 3 is 2.76 bits per heavy atom. The average Bonchev–Trinajstić information content (AvgIpc) is 2.36. The van der Waals surface area contributed by atoms with Crippen LogP contribution in [0.4, 0.5) is 9.18 Å². The third-order valence-corrected chi connectivity index (χ3v) is 3.69. The van der Waals surface area contributed by atoms with Gasteiger partial charge in [0, 0.05) is 18.5 Å². The van der Waals surface area contributed by atoms with Crippen molar-refractivity contribution in [2.45, 2.75) is 51.8 Å². The lowest BCUT2D eigenvalue weighted by Crippen LogP contribution is -2.46. The maximum absolute atomic E-state index is 13.4. The first-order valence-corrected chi connectivity index (χ1v) is 7.66. The second-order valence-corrected chi connectivity index (χ2v) is 6.73. The van der Waals surface area contributed by atoms with Crippen LogP contribution < -0.4 is 0 Å². The number of fused-ring (bicyclic) bond motifs is 1. The van der Waals surface area contributed by atoms with E-state index in [2.05, 4.69) is 0 Å². The number of ether oxygens (including phenoxy) is 1. The molecule has 1 aromatic rings. The Hall–Kier alpha value is -1.29. The van der Waals surface area contributed by atoms with Crippen molar-refractivity contribution in [1.29, 1.82) is 0 Å². The van der Waals surface area contributed by atoms with Gasteiger partial charge in [-0.2, -0.15) is 0 Å². The Morgan fingerprint density at radius 1 is 1.43 bits per heavy atom. The lowest BCUT2D eigenvalue weighted by atomic mass is 9.93. The Morgan fingerprint density at radius 2 is 2.14 bits per heavy atom. The van der Waals surface area contributed by atoms with Gasteiger partial charge < -0.3 is 9.64 Å². The molecule has 0 fully saturated rings. The van der Waals surface area contributed by atoms with E-state index in [0.29, 0.717) is 25.3 Å². The van der Waals surface area contributed by atoms with E-state index in [0.717, 1.165) is 11.1 Å². The predicted octanol–water partition coefficient (Wildman–Crippen LogP) is 4.12. The summed E-state index contributed by atoms with van der Waals surface area (Å²) >= 11 is 5.84. The highest BCUT2D eigenvalue weighted by Gasteiger charge is 2.32. The first kappa shape index (κ1) is 16.1. The van der Waals surface area contributed by atoms with Gasteiger partial charge in [0.15, 0.2) is 0 Å². The lowest BCUT2D eigenvalue weighted by Gasteiger charge is -2.37. The van der Waals surface area contributed by atoms with Crippen LogP contribution in [-0.4, -0.2) is 28.5 Å². The van der Waals surface area contributed by atoms with Crippen LogP contribution in [0, 0.1) is 5.82 Å². The molecular weight excluding hydrogens is 293 g/mol. The fraction of sp³-hybridized carbons (Fsp3) is 0.562. The number of halogens is 2. The highest BCUT2D eigenvalue weighted by Crippen LogP contribution is 2.27. The lowest BCUT2D eigenvalue weighted by molar-refractivity contribution is 0.0116. The average molecular weight is 314 g/mol. The SMILES string of the molecule is CC(C)(C)OC(=O)N1Cc2ccc(F)cc2CC1CCCl. The number of rotatable bonds is 2. The molecule has 1 heterocycles. The van der Waals surface area contributed by atoms with Gasteiger partial charge in [-0.25, -0.2) is 9.18 Å². The molecule has 1 atom stereocenters. The largest absolute Gasteiger partial charge is 0.444 e. The van der Waals surface area contributed by atoms with Gasteiger partial charge in [-0.1, -0.05) is 6.07 Å². The molecule has 116 valence electrons. The van der Waals surface area contributed by atoms with E-state index in [1.807, 2.05) is 20.8 Å². The summed E-state index contributed by atoms with van der Waals surface area (Å²) in [6.45, 7) is 5.96. The van der Waals surface area contributed by atoms with Crippen molar-refractivity contribution in [1.82, 2.24) is 4.90 Å². The maximum Gasteiger partial charge on any atom is 0.410 e. The number of hydrogen-bond acceptors (Lipinski definition) is 2. The minimum absolute atomic E-state index is 0.0494. The molecule has 1 unspecified atom stereocenters. The number of carbonyl (C=O) groups excluding carboxylic acids is 1. The second kappa shape index (κ2) is 6.22. The molecule has 0 radical (unpaired) electrons. The van der Waals surface area contributed by atoms with E-state index in [9.17, 15) is 9.18 Å². The molecule has 21 heavy (non-hydrogen) atoms. The number of benzene rings is 1. The first-order valence-electron chi connectivity index (χ1n) is 7.13. The van der Waals surface area contributed by atoms with E-state index in [1.165, 1.54) is 6.07 Å². The zero-order chi connectivity index (χ0) is 15.6. The molecule has 0 spiro atoms. The number of alkyl halides is 1. The van der Waals surface area contributed by atoms with Gasteiger partial charge in [0.05, 0.1) is 0 Å². The number of hydrogen-bond donors (Lipinski definition) is 0. The molecule has 0 aliphatic carbocycles. The molecule has 0 N–H and O–H groups in total. The zero-order valence-corrected chi connectivity index (χ0v) is 13.4. The minimum Gasteiger partial charge on any atom is -0.444 e. The molecule has 1 aliphatic heterocycles. The third-order valence-electron chi connectivity index (χ3n) is 3.48. The summed E-state index contributed by atoms with van der Waals surface area (Å²) in [6, 6.07) is 4.65. The Kier molecular flexibility index (Phi) is 4.77. The van der Waals surface area contributed by atoms with Crippen LogP contribution >= 0.6 is 11.6 Å². The molecule has 1 amide bonds. The fourth-order valence-electron chi connectivity index (χ4n) is 2.53. The van der Waals surface area contributed by atoms with Crippen LogP contribution in [0.15, 0.2) is 18.2 Å². The van der Waals surface area contributed by atoms with E-state index in [-0.39, 0.29) is 18.0 Å². The predicted molar refractivity (Wildman–Crippen MR) is 81.0 cm³/mol. The zero-order valence-electron chi connectivity index (χ0n) is 12.7. The third kappa shape index (κ3) is 4.10. The van der Waals surface area contributed by atoms with Crippen molar-refractivity contribution in [2.24, 2.45) is 0 Å². The summed E-state index contributed by atoms with van der Waals surface area (Å²) in [7, 11) is 0. The van der Waals surface area contributed by atoms with Gasteiger partial charge in [0.1, 0.15) is 11.4 Å². The molecular formula is C16H21ClFNO2. The van der Waals surface area contributed by atoms with Gasteiger partial charge >= 0.3 is 6.09 Å². The molecule has 2 rings (SSSR count). The van der Waals surface area contributed by atoms with E-state index < -0.39 is 5.60 Å². The van der Waals surface area contributed by atoms with Gasteiger partial charge in [0.25, 0.3) is 0 Å². The summed E-state index contributed by atoms with van der Waals surface area (Å²) in [5.41, 5.74) is 1.38. The highest BCUT2D eigenvalue weighted by molar-refractivity contribution is 6.17. The molecule has 1 aromatic carbocycles. The van der Waals surface area contributed by atoms with Crippen LogP contribution in [-0.2, 0) is 17.7 Å². The van der Waals surface area contributed by atoms with E-state index in [4.69, 9.17) is 16.3 Å². The second-order valence-electron chi connectivity index (χ2n) is 6.36. The molecule has 0 bridgehead atoms. The van der Waals surface area contributed by atoms with Crippen LogP contribution in [0.25, 0.3) is 0 Å². The van der Waals surface area contributed by atoms with Crippen LogP contribution in [0.5, 0.6) is 0 Å². The smallest absolute Gasteiger partial charge is 0.410 e. The van der Waals surface area contributed by atoms with Gasteiger partial charge in [-0.3, -0.25) is 0 Å². The monoisotopic (exact) mass is 313 g/mol. The van der Waals surface area contributed by atoms with Crippen molar-refractivity contribution in [3.05, 3.63) is 35.1 Å². The summed E-state index contributed by atoms with van der Waals surface area (Å²) in [5.74, 6) is 0.207. The summed E-state index contributed by atoms with van der Waals surface area (Å²) in [5, 5.41) is 0. The van der Waals surface area contributed by atoms with Crippen LogP contribution in [0.3, 0.4) is 0 Å². The van der Waals surface area contributed by atoms with Crippen molar-refractivity contribution in [3.63, 3.8) is 0 Å². The molecule has 5 heteroatoms. The Balaban J connectivity index is 2.23. The van der Waals surface area contributed by atoms with Crippen molar-refractivity contribution >= 4 is 17.7 Å². The number of carbonyl (C=O) groups is 1. The van der Waals surface area contributed by atoms with E-state index in [1.54, 1.807) is 17.0 Å². The van der Waals surface area contributed by atoms with E-state index >= 15 is 0 Å². The van der Waals surface area contributed by atoms with Gasteiger partial charge in [0.2, 0.25) is 0 Å². The Labute approximate surface area is 130 Å². The fourth-order valence-corrected chi connectivity index (χ4v) is 2.79. The summed E-state index contributed by atoms with van der Waals surface area (Å²) in [4.78, 5) is 14.1. The summed E-state index contributed by atoms with van der Waals surface area (Å²) in [6.07, 6.45) is 0.933. The van der Waals surface area contributed by atoms with Crippen LogP contribution in [0.1, 0.15) is 38.3 Å². The topological polar surface area (TPSA) is 29.5 Å². The highest BCUT2D eigenvalue weighted by atomic mass is 35.5. The maximum atomic E-state index is 13.4. The molecule has 0 aromatic heterocycles. The molecule has 3 nitrogen and oxygen atoms in total. The van der Waals surface area contributed by atoms with Gasteiger partial charge in [-0.15, -0.1) is 11.6 Å². The standard InChI is InChI=1S/C16H21ClFNO2/c1-16(2,3)21-15(20)19-10-11-4-5-13(18)8-12(11)9-14(19)6-7-17/h4-5,8,14H,6-7,9-10H2,1-3H3. The quantitative estimate of drug-likeness (QED) is 0.769. The number of nitrogens with zero attached hydrogens (tertiary/aromatic N) is 1. The van der Waals surface area contributed by atoms with Crippen molar-refractivity contribution in [3.8, 4) is 0 Å². The normalized spacial score (nSPS) is 18.3. The molecule has 0 saturated heterocycles. The number of amides is 1. The molecule has 0 saturated carbocycles. The van der Waals surface area contributed by atoms with Gasteiger partial charge in [-0.05, 0) is 56.9 Å². The summed E-state index contributed by atoms with van der Waals surface area (Å²) < 4.78 is 18.8. The van der Waals surface area contributed by atoms with Crippen molar-refractivity contribution < 1.29 is 13.9 Å². The first-order chi connectivity index (χ1) is 9.80. The Bertz CT molecular complexity index is 527. The molecule has 1 aliphatic rings. The van der Waals surface area contributed by atoms with Crippen LogP contribution in [0.2, 0.25) is 0 Å². The minimum atomic E-state index is -0.536.